The van der Waals surface area contributed by atoms with E-state index in [1.54, 1.807) is 18.3 Å². The topological polar surface area (TPSA) is 57.7 Å². The largest absolute Gasteiger partial charge is 0.362 e. The Morgan fingerprint density at radius 1 is 1.10 bits per heavy atom. The maximum atomic E-state index is 12.0. The number of para-hydroxylation sites is 2. The second-order valence-electron chi connectivity index (χ2n) is 5.01. The number of sulfonamides is 1. The number of Topliss-reactive ketones (excluding diaryl/α,β-unsaturated/α-hetero) is 1. The summed E-state index contributed by atoms with van der Waals surface area (Å²) >= 11 is 0. The first kappa shape index (κ1) is 13.2. The fraction of sp³-hybridized carbons (Fsp3) is 0.357. The highest BCUT2D eigenvalue weighted by Crippen LogP contribution is 2.34. The van der Waals surface area contributed by atoms with Crippen LogP contribution in [0.1, 0.15) is 12.8 Å². The Hall–Kier alpha value is -1.82. The van der Waals surface area contributed by atoms with Gasteiger partial charge in [-0.3, -0.25) is 4.79 Å². The van der Waals surface area contributed by atoms with Crippen molar-refractivity contribution < 1.29 is 13.2 Å². The lowest BCUT2D eigenvalue weighted by Crippen LogP contribution is -2.36. The smallest absolute Gasteiger partial charge is 0.242 e. The van der Waals surface area contributed by atoms with Crippen molar-refractivity contribution in [3.05, 3.63) is 36.5 Å². The van der Waals surface area contributed by atoms with E-state index in [1.165, 1.54) is 4.31 Å². The van der Waals surface area contributed by atoms with Crippen LogP contribution in [-0.4, -0.2) is 33.0 Å². The molecule has 5 nitrogen and oxygen atoms in total. The summed E-state index contributed by atoms with van der Waals surface area (Å²) in [5.74, 6) is 0.228. The van der Waals surface area contributed by atoms with Crippen LogP contribution in [-0.2, 0) is 14.8 Å². The molecule has 0 N–H and O–H groups in total. The summed E-state index contributed by atoms with van der Waals surface area (Å²) in [5.41, 5.74) is 1.42. The lowest BCUT2D eigenvalue weighted by molar-refractivity contribution is -0.118. The van der Waals surface area contributed by atoms with Crippen LogP contribution in [0, 0.1) is 0 Å². The van der Waals surface area contributed by atoms with Crippen molar-refractivity contribution in [3.8, 4) is 0 Å². The number of benzene rings is 1. The molecule has 0 atom stereocenters. The van der Waals surface area contributed by atoms with E-state index in [1.807, 2.05) is 23.1 Å². The SMILES string of the molecule is O=C1CCCN(c2ccccc2N2C=CCS2(=O)=O)C1. The first-order valence-electron chi connectivity index (χ1n) is 6.62. The van der Waals surface area contributed by atoms with E-state index in [0.717, 1.165) is 18.7 Å². The Bertz CT molecular complexity index is 667. The Kier molecular flexibility index (Phi) is 3.25. The van der Waals surface area contributed by atoms with Crippen LogP contribution >= 0.6 is 0 Å². The first-order valence-corrected chi connectivity index (χ1v) is 8.23. The van der Waals surface area contributed by atoms with Crippen molar-refractivity contribution in [3.63, 3.8) is 0 Å². The highest BCUT2D eigenvalue weighted by Gasteiger charge is 2.28. The van der Waals surface area contributed by atoms with Gasteiger partial charge in [0, 0.05) is 19.2 Å². The molecule has 0 unspecified atom stereocenters. The molecule has 2 heterocycles. The van der Waals surface area contributed by atoms with Crippen molar-refractivity contribution >= 4 is 27.2 Å². The third kappa shape index (κ3) is 2.31. The molecular formula is C14H16N2O3S. The van der Waals surface area contributed by atoms with Crippen molar-refractivity contribution in [1.29, 1.82) is 0 Å². The Morgan fingerprint density at radius 2 is 1.85 bits per heavy atom. The van der Waals surface area contributed by atoms with E-state index >= 15 is 0 Å². The number of hydrogen-bond acceptors (Lipinski definition) is 4. The standard InChI is InChI=1S/C14H16N2O3S/c17-12-5-3-8-15(11-12)13-6-1-2-7-14(13)16-9-4-10-20(16,18)19/h1-2,4,6-7,9H,3,5,8,10-11H2. The van der Waals surface area contributed by atoms with E-state index in [0.29, 0.717) is 18.7 Å². The van der Waals surface area contributed by atoms with Gasteiger partial charge < -0.3 is 4.90 Å². The molecule has 0 amide bonds. The maximum Gasteiger partial charge on any atom is 0.242 e. The molecule has 1 aromatic carbocycles. The van der Waals surface area contributed by atoms with Crippen LogP contribution in [0.25, 0.3) is 0 Å². The summed E-state index contributed by atoms with van der Waals surface area (Å²) in [6, 6.07) is 7.33. The van der Waals surface area contributed by atoms with Crippen LogP contribution in [0.4, 0.5) is 11.4 Å². The van der Waals surface area contributed by atoms with Gasteiger partial charge >= 0.3 is 0 Å². The van der Waals surface area contributed by atoms with Crippen LogP contribution in [0.15, 0.2) is 36.5 Å². The summed E-state index contributed by atoms with van der Waals surface area (Å²) < 4.78 is 25.4. The lowest BCUT2D eigenvalue weighted by Gasteiger charge is -2.31. The number of carbonyl (C=O) groups is 1. The van der Waals surface area contributed by atoms with Crippen LogP contribution in [0.3, 0.4) is 0 Å². The van der Waals surface area contributed by atoms with Gasteiger partial charge in [0.15, 0.2) is 5.78 Å². The Morgan fingerprint density at radius 3 is 2.50 bits per heavy atom. The zero-order valence-electron chi connectivity index (χ0n) is 11.0. The quantitative estimate of drug-likeness (QED) is 0.829. The molecule has 0 aromatic heterocycles. The molecule has 1 aromatic rings. The van der Waals surface area contributed by atoms with Crippen LogP contribution in [0.2, 0.25) is 0 Å². The molecule has 2 aliphatic heterocycles. The average Bonchev–Trinajstić information content (AvgIpc) is 2.78. The van der Waals surface area contributed by atoms with E-state index < -0.39 is 10.0 Å². The van der Waals surface area contributed by atoms with Crippen molar-refractivity contribution in [2.75, 3.05) is 28.0 Å². The van der Waals surface area contributed by atoms with E-state index in [-0.39, 0.29) is 11.5 Å². The molecule has 2 aliphatic rings. The summed E-state index contributed by atoms with van der Waals surface area (Å²) in [7, 11) is -3.30. The minimum atomic E-state index is -3.30. The lowest BCUT2D eigenvalue weighted by atomic mass is 10.1. The summed E-state index contributed by atoms with van der Waals surface area (Å²) in [6.45, 7) is 1.13. The third-order valence-corrected chi connectivity index (χ3v) is 5.09. The minimum Gasteiger partial charge on any atom is -0.362 e. The number of piperidine rings is 1. The molecule has 0 aliphatic carbocycles. The van der Waals surface area contributed by atoms with Gasteiger partial charge in [-0.2, -0.15) is 0 Å². The number of hydrogen-bond donors (Lipinski definition) is 0. The van der Waals surface area contributed by atoms with Gasteiger partial charge in [-0.15, -0.1) is 0 Å². The number of nitrogens with zero attached hydrogens (tertiary/aromatic N) is 2. The van der Waals surface area contributed by atoms with Gasteiger partial charge in [0.25, 0.3) is 0 Å². The van der Waals surface area contributed by atoms with Gasteiger partial charge in [-0.25, -0.2) is 12.7 Å². The number of rotatable bonds is 2. The molecule has 0 radical (unpaired) electrons. The van der Waals surface area contributed by atoms with Gasteiger partial charge in [0.1, 0.15) is 0 Å². The van der Waals surface area contributed by atoms with Gasteiger partial charge in [-0.05, 0) is 18.6 Å². The first-order chi connectivity index (χ1) is 9.58. The highest BCUT2D eigenvalue weighted by molar-refractivity contribution is 7.93. The molecule has 20 heavy (non-hydrogen) atoms. The molecule has 0 spiro atoms. The summed E-state index contributed by atoms with van der Waals surface area (Å²) in [6.07, 6.45) is 4.64. The summed E-state index contributed by atoms with van der Waals surface area (Å²) in [4.78, 5) is 13.6. The Balaban J connectivity index is 2.00. The van der Waals surface area contributed by atoms with Crippen LogP contribution in [0.5, 0.6) is 0 Å². The fourth-order valence-corrected chi connectivity index (χ4v) is 3.84. The normalized spacial score (nSPS) is 21.5. The zero-order valence-corrected chi connectivity index (χ0v) is 11.8. The molecule has 0 saturated carbocycles. The minimum absolute atomic E-state index is 0.0280. The fourth-order valence-electron chi connectivity index (χ4n) is 2.63. The predicted octanol–water partition coefficient (Wildman–Crippen LogP) is 1.52. The monoisotopic (exact) mass is 292 g/mol. The molecule has 3 rings (SSSR count). The van der Waals surface area contributed by atoms with Gasteiger partial charge in [0.05, 0.1) is 23.7 Å². The molecule has 1 fully saturated rings. The maximum absolute atomic E-state index is 12.0. The molecule has 6 heteroatoms. The number of carbonyl (C=O) groups excluding carboxylic acids is 1. The average molecular weight is 292 g/mol. The van der Waals surface area contributed by atoms with Gasteiger partial charge in [-0.1, -0.05) is 18.2 Å². The predicted molar refractivity (Wildman–Crippen MR) is 78.3 cm³/mol. The number of anilines is 2. The van der Waals surface area contributed by atoms with E-state index in [4.69, 9.17) is 0 Å². The van der Waals surface area contributed by atoms with Crippen molar-refractivity contribution in [2.45, 2.75) is 12.8 Å². The van der Waals surface area contributed by atoms with Gasteiger partial charge in [0.2, 0.25) is 10.0 Å². The molecule has 106 valence electrons. The Labute approximate surface area is 118 Å². The van der Waals surface area contributed by atoms with Crippen LogP contribution < -0.4 is 9.21 Å². The molecular weight excluding hydrogens is 276 g/mol. The summed E-state index contributed by atoms with van der Waals surface area (Å²) in [5, 5.41) is 0. The van der Waals surface area contributed by atoms with E-state index in [2.05, 4.69) is 0 Å². The third-order valence-electron chi connectivity index (χ3n) is 3.56. The molecule has 1 saturated heterocycles. The zero-order chi connectivity index (χ0) is 14.2. The second kappa shape index (κ2) is 4.94. The molecule has 0 bridgehead atoms. The van der Waals surface area contributed by atoms with Crippen molar-refractivity contribution in [2.24, 2.45) is 0 Å². The highest BCUT2D eigenvalue weighted by atomic mass is 32.2. The van der Waals surface area contributed by atoms with E-state index in [9.17, 15) is 13.2 Å². The van der Waals surface area contributed by atoms with Crippen molar-refractivity contribution in [1.82, 2.24) is 0 Å². The number of ketones is 1. The second-order valence-corrected chi connectivity index (χ2v) is 6.90.